The predicted molar refractivity (Wildman–Crippen MR) is 100 cm³/mol. The zero-order chi connectivity index (χ0) is 17.8. The van der Waals surface area contributed by atoms with E-state index in [-0.39, 0.29) is 5.56 Å². The number of benzene rings is 1. The number of rotatable bonds is 5. The van der Waals surface area contributed by atoms with E-state index in [4.69, 9.17) is 0 Å². The molecule has 1 saturated heterocycles. The minimum atomic E-state index is -0.0485. The van der Waals surface area contributed by atoms with Gasteiger partial charge in [0, 0.05) is 31.5 Å². The summed E-state index contributed by atoms with van der Waals surface area (Å²) < 4.78 is 3.27. The zero-order valence-electron chi connectivity index (χ0n) is 14.7. The summed E-state index contributed by atoms with van der Waals surface area (Å²) in [4.78, 5) is 14.7. The van der Waals surface area contributed by atoms with Crippen LogP contribution in [0.2, 0.25) is 0 Å². The zero-order valence-corrected chi connectivity index (χ0v) is 14.7. The Hall–Kier alpha value is -2.73. The van der Waals surface area contributed by atoms with Gasteiger partial charge in [-0.05, 0) is 49.5 Å². The summed E-state index contributed by atoms with van der Waals surface area (Å²) in [7, 11) is 0. The van der Waals surface area contributed by atoms with Crippen molar-refractivity contribution in [1.82, 2.24) is 24.5 Å². The van der Waals surface area contributed by atoms with E-state index in [2.05, 4.69) is 45.4 Å². The van der Waals surface area contributed by atoms with Crippen molar-refractivity contribution in [3.8, 4) is 5.82 Å². The summed E-state index contributed by atoms with van der Waals surface area (Å²) in [6.07, 6.45) is 5.72. The number of nitrogens with zero attached hydrogens (tertiary/aromatic N) is 5. The second-order valence-corrected chi connectivity index (χ2v) is 6.87. The van der Waals surface area contributed by atoms with Crippen LogP contribution in [-0.4, -0.2) is 37.6 Å². The average Bonchev–Trinajstić information content (AvgIpc) is 3.21. The molecule has 0 aliphatic carbocycles. The van der Waals surface area contributed by atoms with Gasteiger partial charge < -0.3 is 0 Å². The molecule has 0 saturated carbocycles. The highest BCUT2D eigenvalue weighted by Gasteiger charge is 2.20. The first-order valence-electron chi connectivity index (χ1n) is 9.12. The van der Waals surface area contributed by atoms with Gasteiger partial charge in [-0.25, -0.2) is 9.36 Å². The van der Waals surface area contributed by atoms with Crippen LogP contribution in [0.3, 0.4) is 0 Å². The Morgan fingerprint density at radius 1 is 1.00 bits per heavy atom. The lowest BCUT2D eigenvalue weighted by atomic mass is 9.96. The van der Waals surface area contributed by atoms with Gasteiger partial charge in [0.15, 0.2) is 5.82 Å². The highest BCUT2D eigenvalue weighted by molar-refractivity contribution is 5.17. The molecule has 0 atom stereocenters. The molecule has 4 rings (SSSR count). The number of likely N-dealkylation sites (tertiary alicyclic amines) is 1. The average molecular weight is 349 g/mol. The SMILES string of the molecule is O=c1ccc(-n2cccn2)nn1CC1CCN(Cc2ccccc2)CC1. The maximum absolute atomic E-state index is 12.2. The quantitative estimate of drug-likeness (QED) is 0.709. The molecule has 0 bridgehead atoms. The monoisotopic (exact) mass is 349 g/mol. The third kappa shape index (κ3) is 3.91. The first kappa shape index (κ1) is 16.7. The molecule has 0 spiro atoms. The molecule has 6 nitrogen and oxygen atoms in total. The van der Waals surface area contributed by atoms with Gasteiger partial charge in [-0.15, -0.1) is 5.10 Å². The molecule has 134 valence electrons. The van der Waals surface area contributed by atoms with Gasteiger partial charge in [-0.1, -0.05) is 30.3 Å². The maximum atomic E-state index is 12.2. The smallest absolute Gasteiger partial charge is 0.266 e. The van der Waals surface area contributed by atoms with E-state index >= 15 is 0 Å². The summed E-state index contributed by atoms with van der Waals surface area (Å²) >= 11 is 0. The molecule has 3 aromatic rings. The van der Waals surface area contributed by atoms with Crippen LogP contribution >= 0.6 is 0 Å². The fourth-order valence-corrected chi connectivity index (χ4v) is 3.51. The topological polar surface area (TPSA) is 56.0 Å². The first-order chi connectivity index (χ1) is 12.8. The second kappa shape index (κ2) is 7.66. The molecule has 0 N–H and O–H groups in total. The van der Waals surface area contributed by atoms with Crippen molar-refractivity contribution in [2.24, 2.45) is 5.92 Å². The molecular formula is C20H23N5O. The maximum Gasteiger partial charge on any atom is 0.266 e. The lowest BCUT2D eigenvalue weighted by Crippen LogP contribution is -2.36. The van der Waals surface area contributed by atoms with E-state index in [1.54, 1.807) is 27.7 Å². The standard InChI is InChI=1S/C20H23N5O/c26-20-8-7-19(24-12-4-11-21-24)22-25(20)16-18-9-13-23(14-10-18)15-17-5-2-1-3-6-17/h1-8,11-12,18H,9-10,13-16H2. The Kier molecular flexibility index (Phi) is 4.93. The van der Waals surface area contributed by atoms with Gasteiger partial charge in [0.2, 0.25) is 0 Å². The van der Waals surface area contributed by atoms with E-state index in [0.29, 0.717) is 18.3 Å². The van der Waals surface area contributed by atoms with Gasteiger partial charge in [0.25, 0.3) is 5.56 Å². The minimum Gasteiger partial charge on any atom is -0.299 e. The summed E-state index contributed by atoms with van der Waals surface area (Å²) in [5.41, 5.74) is 1.31. The summed E-state index contributed by atoms with van der Waals surface area (Å²) in [5, 5.41) is 8.67. The summed E-state index contributed by atoms with van der Waals surface area (Å²) in [6, 6.07) is 15.7. The lowest BCUT2D eigenvalue weighted by Gasteiger charge is -2.32. The molecule has 3 heterocycles. The van der Waals surface area contributed by atoms with Crippen LogP contribution in [0.4, 0.5) is 0 Å². The normalized spacial score (nSPS) is 16.0. The highest BCUT2D eigenvalue weighted by Crippen LogP contribution is 2.20. The van der Waals surface area contributed by atoms with E-state index in [1.165, 1.54) is 5.56 Å². The van der Waals surface area contributed by atoms with Crippen molar-refractivity contribution in [3.05, 3.63) is 76.8 Å². The Bertz CT molecular complexity index is 880. The van der Waals surface area contributed by atoms with E-state index in [1.807, 2.05) is 12.3 Å². The summed E-state index contributed by atoms with van der Waals surface area (Å²) in [5.74, 6) is 1.16. The molecule has 0 amide bonds. The van der Waals surface area contributed by atoms with Crippen LogP contribution in [0, 0.1) is 5.92 Å². The lowest BCUT2D eigenvalue weighted by molar-refractivity contribution is 0.163. The van der Waals surface area contributed by atoms with Gasteiger partial charge in [-0.3, -0.25) is 9.69 Å². The second-order valence-electron chi connectivity index (χ2n) is 6.87. The predicted octanol–water partition coefficient (Wildman–Crippen LogP) is 2.34. The van der Waals surface area contributed by atoms with E-state index in [9.17, 15) is 4.79 Å². The van der Waals surface area contributed by atoms with Crippen LogP contribution in [0.25, 0.3) is 5.82 Å². The van der Waals surface area contributed by atoms with Crippen molar-refractivity contribution < 1.29 is 0 Å². The largest absolute Gasteiger partial charge is 0.299 e. The van der Waals surface area contributed by atoms with Crippen LogP contribution in [0.15, 0.2) is 65.7 Å². The third-order valence-electron chi connectivity index (χ3n) is 4.98. The number of hydrogen-bond acceptors (Lipinski definition) is 4. The van der Waals surface area contributed by atoms with Crippen LogP contribution in [0.1, 0.15) is 18.4 Å². The molecule has 26 heavy (non-hydrogen) atoms. The molecule has 1 aromatic carbocycles. The van der Waals surface area contributed by atoms with Crippen LogP contribution < -0.4 is 5.56 Å². The fourth-order valence-electron chi connectivity index (χ4n) is 3.51. The summed E-state index contributed by atoms with van der Waals surface area (Å²) in [6.45, 7) is 3.80. The van der Waals surface area contributed by atoms with Crippen molar-refractivity contribution in [3.63, 3.8) is 0 Å². The Morgan fingerprint density at radius 3 is 2.54 bits per heavy atom. The van der Waals surface area contributed by atoms with Crippen molar-refractivity contribution >= 4 is 0 Å². The molecule has 1 aliphatic rings. The Labute approximate surface area is 152 Å². The molecule has 1 aliphatic heterocycles. The molecule has 1 fully saturated rings. The Balaban J connectivity index is 1.37. The number of aromatic nitrogens is 4. The van der Waals surface area contributed by atoms with E-state index < -0.39 is 0 Å². The van der Waals surface area contributed by atoms with Crippen LogP contribution in [-0.2, 0) is 13.1 Å². The third-order valence-corrected chi connectivity index (χ3v) is 4.98. The van der Waals surface area contributed by atoms with Gasteiger partial charge in [-0.2, -0.15) is 5.10 Å². The van der Waals surface area contributed by atoms with Gasteiger partial charge >= 0.3 is 0 Å². The van der Waals surface area contributed by atoms with Gasteiger partial charge in [0.1, 0.15) is 0 Å². The van der Waals surface area contributed by atoms with Crippen LogP contribution in [0.5, 0.6) is 0 Å². The highest BCUT2D eigenvalue weighted by atomic mass is 16.1. The van der Waals surface area contributed by atoms with Crippen molar-refractivity contribution in [2.45, 2.75) is 25.9 Å². The molecule has 2 aromatic heterocycles. The Morgan fingerprint density at radius 2 is 1.81 bits per heavy atom. The van der Waals surface area contributed by atoms with Crippen molar-refractivity contribution in [1.29, 1.82) is 0 Å². The minimum absolute atomic E-state index is 0.0485. The van der Waals surface area contributed by atoms with E-state index in [0.717, 1.165) is 32.5 Å². The molecule has 6 heteroatoms. The molecule has 0 radical (unpaired) electrons. The number of hydrogen-bond donors (Lipinski definition) is 0. The fraction of sp³-hybridized carbons (Fsp3) is 0.350. The number of piperidine rings is 1. The van der Waals surface area contributed by atoms with Crippen molar-refractivity contribution in [2.75, 3.05) is 13.1 Å². The molecule has 0 unspecified atom stereocenters. The molecular weight excluding hydrogens is 326 g/mol. The first-order valence-corrected chi connectivity index (χ1v) is 9.12. The van der Waals surface area contributed by atoms with Gasteiger partial charge in [0.05, 0.1) is 0 Å².